The van der Waals surface area contributed by atoms with Crippen molar-refractivity contribution in [3.8, 4) is 18.1 Å². The zero-order chi connectivity index (χ0) is 13.9. The van der Waals surface area contributed by atoms with Gasteiger partial charge in [0.15, 0.2) is 11.4 Å². The van der Waals surface area contributed by atoms with E-state index in [9.17, 15) is 0 Å². The maximum absolute atomic E-state index is 9.06. The van der Waals surface area contributed by atoms with Crippen molar-refractivity contribution >= 4 is 0 Å². The van der Waals surface area contributed by atoms with Gasteiger partial charge in [-0.2, -0.15) is 10.5 Å². The Labute approximate surface area is 115 Å². The van der Waals surface area contributed by atoms with Crippen molar-refractivity contribution in [2.24, 2.45) is 0 Å². The second-order valence-corrected chi connectivity index (χ2v) is 4.58. The van der Waals surface area contributed by atoms with Gasteiger partial charge >= 0.3 is 0 Å². The molecule has 20 heavy (non-hydrogen) atoms. The van der Waals surface area contributed by atoms with Crippen LogP contribution in [0.3, 0.4) is 0 Å². The van der Waals surface area contributed by atoms with Crippen molar-refractivity contribution in [1.29, 1.82) is 10.5 Å². The fourth-order valence-electron chi connectivity index (χ4n) is 1.80. The number of aromatic nitrogens is 4. The lowest BCUT2D eigenvalue weighted by atomic mass is 10.3. The van der Waals surface area contributed by atoms with E-state index >= 15 is 0 Å². The lowest BCUT2D eigenvalue weighted by Crippen LogP contribution is -2.16. The molecule has 1 fully saturated rings. The summed E-state index contributed by atoms with van der Waals surface area (Å²) in [6.45, 7) is 0.740. The summed E-state index contributed by atoms with van der Waals surface area (Å²) in [6, 6.07) is 4.44. The predicted octanol–water partition coefficient (Wildman–Crippen LogP) is 0.658. The van der Waals surface area contributed by atoms with Crippen LogP contribution in [-0.2, 0) is 6.54 Å². The SMILES string of the molecule is N#Cc1ncn(-c2ncc(CNC3CC3)cn2)c1C#N. The normalized spacial score (nSPS) is 13.7. The molecule has 1 N–H and O–H groups in total. The smallest absolute Gasteiger partial charge is 0.235 e. The molecule has 0 unspecified atom stereocenters. The topological polar surface area (TPSA) is 103 Å². The fraction of sp³-hybridized carbons (Fsp3) is 0.308. The molecule has 2 aromatic rings. The van der Waals surface area contributed by atoms with Crippen LogP contribution in [0, 0.1) is 22.7 Å². The Morgan fingerprint density at radius 2 is 1.95 bits per heavy atom. The molecule has 0 saturated heterocycles. The minimum Gasteiger partial charge on any atom is -0.310 e. The van der Waals surface area contributed by atoms with E-state index in [1.165, 1.54) is 23.7 Å². The molecule has 7 nitrogen and oxygen atoms in total. The number of rotatable bonds is 4. The van der Waals surface area contributed by atoms with Gasteiger partial charge in [-0.3, -0.25) is 4.57 Å². The first kappa shape index (κ1) is 12.3. The Balaban J connectivity index is 1.82. The molecule has 1 saturated carbocycles. The molecule has 7 heteroatoms. The van der Waals surface area contributed by atoms with Gasteiger partial charge in [0, 0.05) is 30.5 Å². The van der Waals surface area contributed by atoms with Crippen molar-refractivity contribution in [2.45, 2.75) is 25.4 Å². The summed E-state index contributed by atoms with van der Waals surface area (Å²) in [5.74, 6) is 0.339. The van der Waals surface area contributed by atoms with Crippen molar-refractivity contribution in [3.05, 3.63) is 35.7 Å². The molecule has 0 aromatic carbocycles. The zero-order valence-corrected chi connectivity index (χ0v) is 10.6. The first-order chi connectivity index (χ1) is 9.81. The summed E-state index contributed by atoms with van der Waals surface area (Å²) in [6.07, 6.45) is 7.28. The monoisotopic (exact) mass is 265 g/mol. The Morgan fingerprint density at radius 1 is 1.20 bits per heavy atom. The summed E-state index contributed by atoms with van der Waals surface area (Å²) in [7, 11) is 0. The highest BCUT2D eigenvalue weighted by Gasteiger charge is 2.20. The lowest BCUT2D eigenvalue weighted by molar-refractivity contribution is 0.682. The third-order valence-corrected chi connectivity index (χ3v) is 3.06. The average molecular weight is 265 g/mol. The molecule has 0 amide bonds. The van der Waals surface area contributed by atoms with E-state index in [4.69, 9.17) is 10.5 Å². The van der Waals surface area contributed by atoms with E-state index in [-0.39, 0.29) is 11.4 Å². The lowest BCUT2D eigenvalue weighted by Gasteiger charge is -2.04. The minimum absolute atomic E-state index is 0.0792. The van der Waals surface area contributed by atoms with Gasteiger partial charge < -0.3 is 5.32 Å². The molecular weight excluding hydrogens is 254 g/mol. The van der Waals surface area contributed by atoms with Gasteiger partial charge in [-0.1, -0.05) is 0 Å². The highest BCUT2D eigenvalue weighted by molar-refractivity contribution is 5.39. The summed E-state index contributed by atoms with van der Waals surface area (Å²) in [4.78, 5) is 12.3. The molecule has 0 aliphatic heterocycles. The number of hydrogen-bond acceptors (Lipinski definition) is 6. The molecule has 0 radical (unpaired) electrons. The first-order valence-electron chi connectivity index (χ1n) is 6.24. The van der Waals surface area contributed by atoms with Crippen LogP contribution in [0.15, 0.2) is 18.7 Å². The third kappa shape index (κ3) is 2.35. The first-order valence-corrected chi connectivity index (χ1v) is 6.24. The van der Waals surface area contributed by atoms with Gasteiger partial charge in [-0.15, -0.1) is 0 Å². The Hall–Kier alpha value is -2.77. The van der Waals surface area contributed by atoms with Crippen molar-refractivity contribution in [1.82, 2.24) is 24.8 Å². The summed E-state index contributed by atoms with van der Waals surface area (Å²) >= 11 is 0. The Kier molecular flexibility index (Phi) is 3.12. The van der Waals surface area contributed by atoms with E-state index < -0.39 is 0 Å². The second kappa shape index (κ2) is 5.08. The van der Waals surface area contributed by atoms with Gasteiger partial charge in [-0.05, 0) is 12.8 Å². The molecular formula is C13H11N7. The molecule has 1 aliphatic rings. The minimum atomic E-state index is 0.0792. The maximum Gasteiger partial charge on any atom is 0.235 e. The molecule has 1 aliphatic carbocycles. The molecule has 0 bridgehead atoms. The fourth-order valence-corrected chi connectivity index (χ4v) is 1.80. The zero-order valence-electron chi connectivity index (χ0n) is 10.6. The number of nitrogens with zero attached hydrogens (tertiary/aromatic N) is 6. The Bertz CT molecular complexity index is 698. The quantitative estimate of drug-likeness (QED) is 0.870. The summed E-state index contributed by atoms with van der Waals surface area (Å²) in [5, 5.41) is 21.3. The largest absolute Gasteiger partial charge is 0.310 e. The molecule has 2 heterocycles. The van der Waals surface area contributed by atoms with E-state index in [1.807, 2.05) is 12.1 Å². The molecule has 98 valence electrons. The van der Waals surface area contributed by atoms with Crippen molar-refractivity contribution < 1.29 is 0 Å². The summed E-state index contributed by atoms with van der Waals surface area (Å²) in [5.41, 5.74) is 1.21. The van der Waals surface area contributed by atoms with E-state index in [1.54, 1.807) is 12.4 Å². The van der Waals surface area contributed by atoms with Gasteiger partial charge in [0.2, 0.25) is 5.95 Å². The van der Waals surface area contributed by atoms with E-state index in [0.29, 0.717) is 12.0 Å². The van der Waals surface area contributed by atoms with Crippen LogP contribution in [-0.4, -0.2) is 25.6 Å². The van der Waals surface area contributed by atoms with Crippen LogP contribution >= 0.6 is 0 Å². The molecule has 0 atom stereocenters. The van der Waals surface area contributed by atoms with Crippen LogP contribution in [0.5, 0.6) is 0 Å². The van der Waals surface area contributed by atoms with Crippen LogP contribution in [0.2, 0.25) is 0 Å². The molecule has 2 aromatic heterocycles. The van der Waals surface area contributed by atoms with Gasteiger partial charge in [0.1, 0.15) is 18.5 Å². The highest BCUT2D eigenvalue weighted by Crippen LogP contribution is 2.19. The average Bonchev–Trinajstić information content (AvgIpc) is 3.23. The standard InChI is InChI=1S/C13H11N7/c14-3-11-12(4-15)20(8-19-11)13-17-6-9(7-18-13)5-16-10-1-2-10/h6-8,10,16H,1-2,5H2. The number of imidazole rings is 1. The van der Waals surface area contributed by atoms with Crippen molar-refractivity contribution in [3.63, 3.8) is 0 Å². The van der Waals surface area contributed by atoms with Gasteiger partial charge in [0.25, 0.3) is 0 Å². The molecule has 0 spiro atoms. The second-order valence-electron chi connectivity index (χ2n) is 4.58. The third-order valence-electron chi connectivity index (χ3n) is 3.06. The van der Waals surface area contributed by atoms with Gasteiger partial charge in [-0.25, -0.2) is 15.0 Å². The summed E-state index contributed by atoms with van der Waals surface area (Å²) < 4.78 is 1.41. The number of hydrogen-bond donors (Lipinski definition) is 1. The Morgan fingerprint density at radius 3 is 2.55 bits per heavy atom. The maximum atomic E-state index is 9.06. The molecule has 3 rings (SSSR count). The van der Waals surface area contributed by atoms with Crippen molar-refractivity contribution in [2.75, 3.05) is 0 Å². The van der Waals surface area contributed by atoms with E-state index in [2.05, 4.69) is 20.3 Å². The van der Waals surface area contributed by atoms with Crippen LogP contribution < -0.4 is 5.32 Å². The number of nitrogens with one attached hydrogen (secondary N) is 1. The highest BCUT2D eigenvalue weighted by atomic mass is 15.2. The van der Waals surface area contributed by atoms with Gasteiger partial charge in [0.05, 0.1) is 0 Å². The van der Waals surface area contributed by atoms with Crippen LogP contribution in [0.4, 0.5) is 0 Å². The van der Waals surface area contributed by atoms with Crippen LogP contribution in [0.1, 0.15) is 29.8 Å². The predicted molar refractivity (Wildman–Crippen MR) is 68.4 cm³/mol. The van der Waals surface area contributed by atoms with Crippen LogP contribution in [0.25, 0.3) is 5.95 Å². The number of nitriles is 2. The van der Waals surface area contributed by atoms with E-state index in [0.717, 1.165) is 12.1 Å².